The van der Waals surface area contributed by atoms with Crippen LogP contribution in [-0.2, 0) is 0 Å². The van der Waals surface area contributed by atoms with Crippen molar-refractivity contribution in [2.24, 2.45) is 5.73 Å². The molecule has 108 valence electrons. The minimum absolute atomic E-state index is 0. The lowest BCUT2D eigenvalue weighted by atomic mass is 10.1. The van der Waals surface area contributed by atoms with Crippen molar-refractivity contribution in [2.45, 2.75) is 32.2 Å². The third-order valence-electron chi connectivity index (χ3n) is 2.72. The molecule has 0 spiro atoms. The quantitative estimate of drug-likeness (QED) is 0.838. The number of carbonyl (C=O) groups is 1. The lowest BCUT2D eigenvalue weighted by molar-refractivity contribution is 0.0936. The van der Waals surface area contributed by atoms with E-state index in [9.17, 15) is 4.79 Å². The van der Waals surface area contributed by atoms with Crippen molar-refractivity contribution in [2.75, 3.05) is 6.54 Å². The molecule has 1 unspecified atom stereocenters. The Kier molecular flexibility index (Phi) is 9.19. The van der Waals surface area contributed by atoms with Gasteiger partial charge in [-0.2, -0.15) is 0 Å². The van der Waals surface area contributed by atoms with Gasteiger partial charge in [-0.1, -0.05) is 49.0 Å². The molecule has 3 nitrogen and oxygen atoms in total. The van der Waals surface area contributed by atoms with E-state index in [-0.39, 0.29) is 29.4 Å². The van der Waals surface area contributed by atoms with Crippen molar-refractivity contribution in [1.29, 1.82) is 0 Å². The van der Waals surface area contributed by atoms with Gasteiger partial charge in [-0.3, -0.25) is 4.79 Å². The molecule has 0 radical (unpaired) electrons. The summed E-state index contributed by atoms with van der Waals surface area (Å²) >= 11 is 11.9. The van der Waals surface area contributed by atoms with Crippen LogP contribution < -0.4 is 11.1 Å². The lowest BCUT2D eigenvalue weighted by Crippen LogP contribution is -2.40. The van der Waals surface area contributed by atoms with Crippen molar-refractivity contribution < 1.29 is 4.79 Å². The summed E-state index contributed by atoms with van der Waals surface area (Å²) in [6.45, 7) is 2.52. The van der Waals surface area contributed by atoms with Crippen molar-refractivity contribution in [3.63, 3.8) is 0 Å². The first-order valence-electron chi connectivity index (χ1n) is 6.05. The van der Waals surface area contributed by atoms with E-state index in [1.807, 2.05) is 0 Å². The van der Waals surface area contributed by atoms with Gasteiger partial charge in [-0.05, 0) is 18.6 Å². The largest absolute Gasteiger partial charge is 0.348 e. The number of carbonyl (C=O) groups excluding carboxylic acids is 1. The van der Waals surface area contributed by atoms with Crippen LogP contribution in [0.5, 0.6) is 0 Å². The predicted molar refractivity (Wildman–Crippen MR) is 83.5 cm³/mol. The van der Waals surface area contributed by atoms with Crippen LogP contribution in [-0.4, -0.2) is 18.5 Å². The Hall–Kier alpha value is -0.480. The zero-order valence-corrected chi connectivity index (χ0v) is 13.1. The summed E-state index contributed by atoms with van der Waals surface area (Å²) in [7, 11) is 0. The second kappa shape index (κ2) is 9.43. The third kappa shape index (κ3) is 5.57. The van der Waals surface area contributed by atoms with E-state index in [1.54, 1.807) is 18.2 Å². The van der Waals surface area contributed by atoms with Crippen molar-refractivity contribution in [1.82, 2.24) is 5.32 Å². The molecule has 6 heteroatoms. The normalized spacial score (nSPS) is 11.6. The maximum atomic E-state index is 12.0. The first-order valence-corrected chi connectivity index (χ1v) is 6.80. The molecule has 1 amide bonds. The van der Waals surface area contributed by atoms with Crippen molar-refractivity contribution in [3.05, 3.63) is 33.8 Å². The molecule has 0 fully saturated rings. The van der Waals surface area contributed by atoms with Crippen molar-refractivity contribution in [3.8, 4) is 0 Å². The third-order valence-corrected chi connectivity index (χ3v) is 3.54. The second-order valence-electron chi connectivity index (χ2n) is 4.15. The number of hydrogen-bond acceptors (Lipinski definition) is 2. The molecule has 0 saturated heterocycles. The Morgan fingerprint density at radius 2 is 2.11 bits per heavy atom. The predicted octanol–water partition coefficient (Wildman–Crippen LogP) is 3.66. The van der Waals surface area contributed by atoms with Gasteiger partial charge in [-0.15, -0.1) is 12.4 Å². The molecule has 0 heterocycles. The molecule has 0 aromatic heterocycles. The summed E-state index contributed by atoms with van der Waals surface area (Å²) in [6.07, 6.45) is 2.98. The number of unbranched alkanes of at least 4 members (excludes halogenated alkanes) is 1. The van der Waals surface area contributed by atoms with Crippen LogP contribution in [0.4, 0.5) is 0 Å². The SMILES string of the molecule is CCCCC(CN)NC(=O)c1cccc(Cl)c1Cl.Cl. The fourth-order valence-corrected chi connectivity index (χ4v) is 2.03. The minimum atomic E-state index is -0.228. The molecule has 1 aromatic carbocycles. The summed E-state index contributed by atoms with van der Waals surface area (Å²) < 4.78 is 0. The van der Waals surface area contributed by atoms with E-state index in [0.29, 0.717) is 17.1 Å². The molecular weight excluding hydrogens is 307 g/mol. The highest BCUT2D eigenvalue weighted by atomic mass is 35.5. The topological polar surface area (TPSA) is 55.1 Å². The highest BCUT2D eigenvalue weighted by Crippen LogP contribution is 2.25. The van der Waals surface area contributed by atoms with Gasteiger partial charge >= 0.3 is 0 Å². The summed E-state index contributed by atoms with van der Waals surface area (Å²) in [6, 6.07) is 4.98. The standard InChI is InChI=1S/C13H18Cl2N2O.ClH/c1-2-3-5-9(8-16)17-13(18)10-6-4-7-11(14)12(10)15;/h4,6-7,9H,2-3,5,8,16H2,1H3,(H,17,18);1H. The number of nitrogens with two attached hydrogens (primary N) is 1. The number of benzene rings is 1. The summed E-state index contributed by atoms with van der Waals surface area (Å²) in [5.74, 6) is -0.228. The first-order chi connectivity index (χ1) is 8.60. The van der Waals surface area contributed by atoms with Crippen LogP contribution in [0, 0.1) is 0 Å². The lowest BCUT2D eigenvalue weighted by Gasteiger charge is -2.17. The van der Waals surface area contributed by atoms with E-state index in [0.717, 1.165) is 19.3 Å². The van der Waals surface area contributed by atoms with E-state index >= 15 is 0 Å². The van der Waals surface area contributed by atoms with Gasteiger partial charge in [0.15, 0.2) is 0 Å². The molecule has 19 heavy (non-hydrogen) atoms. The molecule has 0 aliphatic heterocycles. The Balaban J connectivity index is 0.00000324. The average Bonchev–Trinajstić information content (AvgIpc) is 2.37. The zero-order valence-electron chi connectivity index (χ0n) is 10.8. The Labute approximate surface area is 130 Å². The van der Waals surface area contributed by atoms with Crippen molar-refractivity contribution >= 4 is 41.5 Å². The fourth-order valence-electron chi connectivity index (χ4n) is 1.64. The van der Waals surface area contributed by atoms with Gasteiger partial charge in [0.2, 0.25) is 0 Å². The molecule has 0 bridgehead atoms. The number of rotatable bonds is 6. The van der Waals surface area contributed by atoms with E-state index in [1.165, 1.54) is 0 Å². The molecular formula is C13H19Cl3N2O. The average molecular weight is 326 g/mol. The first kappa shape index (κ1) is 18.5. The molecule has 1 aromatic rings. The van der Waals surface area contributed by atoms with E-state index in [2.05, 4.69) is 12.2 Å². The Morgan fingerprint density at radius 1 is 1.42 bits per heavy atom. The highest BCUT2D eigenvalue weighted by molar-refractivity contribution is 6.43. The Morgan fingerprint density at radius 3 is 2.68 bits per heavy atom. The number of halogens is 3. The van der Waals surface area contributed by atoms with Gasteiger partial charge in [-0.25, -0.2) is 0 Å². The van der Waals surface area contributed by atoms with E-state index < -0.39 is 0 Å². The van der Waals surface area contributed by atoms with Crippen LogP contribution in [0.2, 0.25) is 10.0 Å². The van der Waals surface area contributed by atoms with Gasteiger partial charge in [0, 0.05) is 12.6 Å². The molecule has 0 saturated carbocycles. The van der Waals surface area contributed by atoms with Gasteiger partial charge in [0.05, 0.1) is 15.6 Å². The monoisotopic (exact) mass is 324 g/mol. The van der Waals surface area contributed by atoms with Crippen LogP contribution in [0.3, 0.4) is 0 Å². The smallest absolute Gasteiger partial charge is 0.253 e. The maximum Gasteiger partial charge on any atom is 0.253 e. The van der Waals surface area contributed by atoms with Crippen LogP contribution in [0.15, 0.2) is 18.2 Å². The van der Waals surface area contributed by atoms with Crippen LogP contribution >= 0.6 is 35.6 Å². The number of hydrogen-bond donors (Lipinski definition) is 2. The van der Waals surface area contributed by atoms with Gasteiger partial charge < -0.3 is 11.1 Å². The Bertz CT molecular complexity index is 413. The molecule has 1 rings (SSSR count). The number of amides is 1. The fraction of sp³-hybridized carbons (Fsp3) is 0.462. The van der Waals surface area contributed by atoms with Crippen LogP contribution in [0.25, 0.3) is 0 Å². The summed E-state index contributed by atoms with van der Waals surface area (Å²) in [5, 5.41) is 3.54. The highest BCUT2D eigenvalue weighted by Gasteiger charge is 2.15. The van der Waals surface area contributed by atoms with Crippen LogP contribution in [0.1, 0.15) is 36.5 Å². The summed E-state index contributed by atoms with van der Waals surface area (Å²) in [4.78, 5) is 12.0. The molecule has 0 aliphatic carbocycles. The molecule has 0 aliphatic rings. The molecule has 1 atom stereocenters. The molecule has 3 N–H and O–H groups in total. The minimum Gasteiger partial charge on any atom is -0.348 e. The second-order valence-corrected chi connectivity index (χ2v) is 4.93. The maximum absolute atomic E-state index is 12.0. The zero-order chi connectivity index (χ0) is 13.5. The van der Waals surface area contributed by atoms with Gasteiger partial charge in [0.1, 0.15) is 0 Å². The number of nitrogens with one attached hydrogen (secondary N) is 1. The summed E-state index contributed by atoms with van der Waals surface area (Å²) in [5.41, 5.74) is 6.02. The van der Waals surface area contributed by atoms with Gasteiger partial charge in [0.25, 0.3) is 5.91 Å². The van der Waals surface area contributed by atoms with E-state index in [4.69, 9.17) is 28.9 Å².